The molecule has 1 heterocycles. The third kappa shape index (κ3) is 3.68. The van der Waals surface area contributed by atoms with Crippen molar-refractivity contribution >= 4 is 39.1 Å². The SMILES string of the molecule is NNC(Cc1cc(F)ccc1Br)c1ncc(Cl)cc1Cl. The van der Waals surface area contributed by atoms with Gasteiger partial charge in [-0.1, -0.05) is 39.1 Å². The number of benzene rings is 1. The van der Waals surface area contributed by atoms with Gasteiger partial charge in [0.05, 0.1) is 21.8 Å². The Hall–Kier alpha value is -0.720. The van der Waals surface area contributed by atoms with Gasteiger partial charge in [-0.25, -0.2) is 4.39 Å². The monoisotopic (exact) mass is 377 g/mol. The Bertz CT molecular complexity index is 625. The maximum Gasteiger partial charge on any atom is 0.123 e. The van der Waals surface area contributed by atoms with Crippen molar-refractivity contribution in [3.63, 3.8) is 0 Å². The second-order valence-corrected chi connectivity index (χ2v) is 5.88. The van der Waals surface area contributed by atoms with Crippen LogP contribution in [0.2, 0.25) is 10.0 Å². The smallest absolute Gasteiger partial charge is 0.123 e. The highest BCUT2D eigenvalue weighted by atomic mass is 79.9. The van der Waals surface area contributed by atoms with Crippen molar-refractivity contribution in [1.82, 2.24) is 10.4 Å². The Morgan fingerprint density at radius 2 is 2.10 bits per heavy atom. The maximum atomic E-state index is 13.3. The number of hydrogen-bond donors (Lipinski definition) is 2. The first-order valence-corrected chi connectivity index (χ1v) is 7.27. The van der Waals surface area contributed by atoms with E-state index in [1.807, 2.05) is 0 Å². The van der Waals surface area contributed by atoms with Crippen molar-refractivity contribution in [3.05, 3.63) is 62.1 Å². The molecule has 3 nitrogen and oxygen atoms in total. The van der Waals surface area contributed by atoms with E-state index in [0.29, 0.717) is 22.2 Å². The van der Waals surface area contributed by atoms with E-state index in [2.05, 4.69) is 26.3 Å². The summed E-state index contributed by atoms with van der Waals surface area (Å²) < 4.78 is 14.1. The summed E-state index contributed by atoms with van der Waals surface area (Å²) in [7, 11) is 0. The van der Waals surface area contributed by atoms with Crippen LogP contribution in [0, 0.1) is 5.82 Å². The van der Waals surface area contributed by atoms with Gasteiger partial charge in [-0.05, 0) is 36.2 Å². The summed E-state index contributed by atoms with van der Waals surface area (Å²) in [4.78, 5) is 4.18. The molecule has 7 heteroatoms. The van der Waals surface area contributed by atoms with Crippen LogP contribution in [0.15, 0.2) is 34.9 Å². The fraction of sp³-hybridized carbons (Fsp3) is 0.154. The minimum atomic E-state index is -0.349. The molecule has 1 unspecified atom stereocenters. The van der Waals surface area contributed by atoms with E-state index in [-0.39, 0.29) is 11.9 Å². The average molecular weight is 379 g/mol. The number of pyridine rings is 1. The molecule has 2 aromatic rings. The lowest BCUT2D eigenvalue weighted by Crippen LogP contribution is -2.30. The number of nitrogens with one attached hydrogen (secondary N) is 1. The van der Waals surface area contributed by atoms with Gasteiger partial charge in [-0.15, -0.1) is 0 Å². The lowest BCUT2D eigenvalue weighted by atomic mass is 10.0. The van der Waals surface area contributed by atoms with Crippen LogP contribution >= 0.6 is 39.1 Å². The van der Waals surface area contributed by atoms with Crippen molar-refractivity contribution in [2.75, 3.05) is 0 Å². The summed E-state index contributed by atoms with van der Waals surface area (Å²) in [6.45, 7) is 0. The summed E-state index contributed by atoms with van der Waals surface area (Å²) in [5.74, 6) is 5.25. The van der Waals surface area contributed by atoms with Crippen LogP contribution < -0.4 is 11.3 Å². The van der Waals surface area contributed by atoms with Crippen molar-refractivity contribution in [3.8, 4) is 0 Å². The Labute approximate surface area is 134 Å². The first-order valence-electron chi connectivity index (χ1n) is 5.72. The quantitative estimate of drug-likeness (QED) is 0.623. The zero-order valence-corrected chi connectivity index (χ0v) is 13.3. The number of aromatic nitrogens is 1. The van der Waals surface area contributed by atoms with Gasteiger partial charge in [-0.3, -0.25) is 16.3 Å². The van der Waals surface area contributed by atoms with E-state index >= 15 is 0 Å². The molecule has 0 aliphatic rings. The molecule has 3 N–H and O–H groups in total. The topological polar surface area (TPSA) is 50.9 Å². The highest BCUT2D eigenvalue weighted by molar-refractivity contribution is 9.10. The van der Waals surface area contributed by atoms with Gasteiger partial charge in [0.25, 0.3) is 0 Å². The zero-order chi connectivity index (χ0) is 14.7. The van der Waals surface area contributed by atoms with E-state index in [1.54, 1.807) is 12.1 Å². The normalized spacial score (nSPS) is 12.4. The van der Waals surface area contributed by atoms with E-state index in [0.717, 1.165) is 10.0 Å². The highest BCUT2D eigenvalue weighted by Gasteiger charge is 2.17. The standard InChI is InChI=1S/C13H11BrCl2FN3/c14-10-2-1-9(17)3-7(10)4-12(20-18)13-11(16)5-8(15)6-19-13/h1-3,5-6,12,20H,4,18H2. The molecule has 1 aromatic carbocycles. The molecule has 20 heavy (non-hydrogen) atoms. The van der Waals surface area contributed by atoms with E-state index in [1.165, 1.54) is 18.3 Å². The Balaban J connectivity index is 2.31. The van der Waals surface area contributed by atoms with E-state index in [4.69, 9.17) is 29.0 Å². The number of hydrogen-bond acceptors (Lipinski definition) is 3. The van der Waals surface area contributed by atoms with Crippen LogP contribution in [0.4, 0.5) is 4.39 Å². The largest absolute Gasteiger partial charge is 0.271 e. The highest BCUT2D eigenvalue weighted by Crippen LogP contribution is 2.28. The maximum absolute atomic E-state index is 13.3. The molecule has 0 saturated carbocycles. The molecule has 106 valence electrons. The van der Waals surface area contributed by atoms with Crippen LogP contribution in [-0.4, -0.2) is 4.98 Å². The van der Waals surface area contributed by atoms with Crippen molar-refractivity contribution in [1.29, 1.82) is 0 Å². The fourth-order valence-corrected chi connectivity index (χ4v) is 2.76. The molecule has 0 aliphatic carbocycles. The van der Waals surface area contributed by atoms with Gasteiger partial charge < -0.3 is 0 Å². The van der Waals surface area contributed by atoms with Crippen molar-refractivity contribution in [2.24, 2.45) is 5.84 Å². The molecule has 0 saturated heterocycles. The fourth-order valence-electron chi connectivity index (χ4n) is 1.84. The molecular weight excluding hydrogens is 368 g/mol. The van der Waals surface area contributed by atoms with Crippen LogP contribution in [0.3, 0.4) is 0 Å². The lowest BCUT2D eigenvalue weighted by Gasteiger charge is -2.17. The van der Waals surface area contributed by atoms with Gasteiger partial charge >= 0.3 is 0 Å². The first kappa shape index (κ1) is 15.7. The minimum absolute atomic E-state index is 0.311. The second kappa shape index (κ2) is 6.83. The molecule has 1 aromatic heterocycles. The first-order chi connectivity index (χ1) is 9.51. The molecule has 0 radical (unpaired) electrons. The van der Waals surface area contributed by atoms with Gasteiger partial charge in [-0.2, -0.15) is 0 Å². The Kier molecular flexibility index (Phi) is 5.35. The molecule has 0 aliphatic heterocycles. The molecule has 1 atom stereocenters. The van der Waals surface area contributed by atoms with Crippen LogP contribution in [0.25, 0.3) is 0 Å². The predicted octanol–water partition coefficient (Wildman–Crippen LogP) is 4.04. The summed E-state index contributed by atoms with van der Waals surface area (Å²) in [6, 6.07) is 5.72. The molecule has 0 fully saturated rings. The van der Waals surface area contributed by atoms with Gasteiger partial charge in [0.15, 0.2) is 0 Å². The molecule has 2 rings (SSSR count). The average Bonchev–Trinajstić information content (AvgIpc) is 2.40. The lowest BCUT2D eigenvalue weighted by molar-refractivity contribution is 0.535. The van der Waals surface area contributed by atoms with Gasteiger partial charge in [0.2, 0.25) is 0 Å². The predicted molar refractivity (Wildman–Crippen MR) is 82.1 cm³/mol. The van der Waals surface area contributed by atoms with Crippen LogP contribution in [0.5, 0.6) is 0 Å². The van der Waals surface area contributed by atoms with Gasteiger partial charge in [0, 0.05) is 10.7 Å². The number of nitrogens with zero attached hydrogens (tertiary/aromatic N) is 1. The van der Waals surface area contributed by atoms with E-state index < -0.39 is 0 Å². The number of nitrogens with two attached hydrogens (primary N) is 1. The molecule has 0 spiro atoms. The number of halogens is 4. The molecule has 0 amide bonds. The summed E-state index contributed by atoms with van der Waals surface area (Å²) in [5.41, 5.74) is 3.97. The van der Waals surface area contributed by atoms with Crippen molar-refractivity contribution < 1.29 is 4.39 Å². The summed E-state index contributed by atoms with van der Waals surface area (Å²) >= 11 is 15.3. The van der Waals surface area contributed by atoms with E-state index in [9.17, 15) is 4.39 Å². The third-order valence-electron chi connectivity index (χ3n) is 2.80. The van der Waals surface area contributed by atoms with Gasteiger partial charge in [0.1, 0.15) is 5.82 Å². The Morgan fingerprint density at radius 3 is 2.75 bits per heavy atom. The molecule has 0 bridgehead atoms. The van der Waals surface area contributed by atoms with Crippen molar-refractivity contribution in [2.45, 2.75) is 12.5 Å². The Morgan fingerprint density at radius 1 is 1.35 bits per heavy atom. The third-order valence-corrected chi connectivity index (χ3v) is 4.08. The molecular formula is C13H11BrCl2FN3. The second-order valence-electron chi connectivity index (χ2n) is 4.18. The van der Waals surface area contributed by atoms with Crippen LogP contribution in [0.1, 0.15) is 17.3 Å². The zero-order valence-electron chi connectivity index (χ0n) is 10.2. The minimum Gasteiger partial charge on any atom is -0.271 e. The summed E-state index contributed by atoms with van der Waals surface area (Å²) in [5, 5.41) is 0.856. The summed E-state index contributed by atoms with van der Waals surface area (Å²) in [6.07, 6.45) is 1.93. The number of rotatable bonds is 4. The number of hydrazine groups is 1. The van der Waals surface area contributed by atoms with Crippen LogP contribution in [-0.2, 0) is 6.42 Å².